The standard InChI is InChI=1S/C26H22BrN3O4S/c1-16-7-6-10-19(11-16)28-23(31)15-34-24-20(27)12-17(13-21(24)33-2)14-22-25(32)30-26(35-22)29-18-8-4-3-5-9-18/h3-14H,15H2,1-2H3,(H,28,31)(H,29,30,32)/b22-14-. The highest BCUT2D eigenvalue weighted by atomic mass is 79.9. The van der Waals surface area contributed by atoms with Crippen LogP contribution in [0.2, 0.25) is 0 Å². The molecule has 7 nitrogen and oxygen atoms in total. The van der Waals surface area contributed by atoms with Crippen LogP contribution in [0.3, 0.4) is 0 Å². The lowest BCUT2D eigenvalue weighted by Gasteiger charge is -2.14. The van der Waals surface area contributed by atoms with Crippen LogP contribution in [-0.2, 0) is 9.59 Å². The van der Waals surface area contributed by atoms with Gasteiger partial charge in [0.15, 0.2) is 23.3 Å². The highest BCUT2D eigenvalue weighted by Gasteiger charge is 2.24. The van der Waals surface area contributed by atoms with Crippen molar-refractivity contribution in [2.75, 3.05) is 19.0 Å². The van der Waals surface area contributed by atoms with Crippen molar-refractivity contribution in [3.05, 3.63) is 87.2 Å². The number of hydrogen-bond donors (Lipinski definition) is 2. The molecule has 9 heteroatoms. The minimum Gasteiger partial charge on any atom is -0.493 e. The number of anilines is 1. The summed E-state index contributed by atoms with van der Waals surface area (Å²) in [7, 11) is 1.51. The first-order valence-electron chi connectivity index (χ1n) is 10.6. The molecular weight excluding hydrogens is 530 g/mol. The van der Waals surface area contributed by atoms with Gasteiger partial charge in [0.2, 0.25) is 0 Å². The van der Waals surface area contributed by atoms with Crippen LogP contribution in [0.5, 0.6) is 11.5 Å². The number of carbonyl (C=O) groups is 2. The predicted molar refractivity (Wildman–Crippen MR) is 143 cm³/mol. The molecule has 1 saturated heterocycles. The number of thioether (sulfide) groups is 1. The van der Waals surface area contributed by atoms with Gasteiger partial charge in [-0.3, -0.25) is 9.59 Å². The average Bonchev–Trinajstić information content (AvgIpc) is 3.16. The Kier molecular flexibility index (Phi) is 7.89. The predicted octanol–water partition coefficient (Wildman–Crippen LogP) is 5.68. The molecule has 0 aromatic heterocycles. The van der Waals surface area contributed by atoms with E-state index in [4.69, 9.17) is 9.47 Å². The molecule has 0 radical (unpaired) electrons. The van der Waals surface area contributed by atoms with Gasteiger partial charge in [0.1, 0.15) is 0 Å². The number of benzene rings is 3. The minimum atomic E-state index is -0.292. The number of aliphatic imine (C=N–C) groups is 1. The first-order valence-corrected chi connectivity index (χ1v) is 12.2. The Morgan fingerprint density at radius 1 is 1.14 bits per heavy atom. The maximum Gasteiger partial charge on any atom is 0.264 e. The number of hydrogen-bond acceptors (Lipinski definition) is 6. The smallest absolute Gasteiger partial charge is 0.264 e. The molecule has 0 saturated carbocycles. The van der Waals surface area contributed by atoms with E-state index in [1.165, 1.54) is 18.9 Å². The van der Waals surface area contributed by atoms with Gasteiger partial charge in [0.05, 0.1) is 22.2 Å². The topological polar surface area (TPSA) is 89.0 Å². The molecule has 1 aliphatic rings. The highest BCUT2D eigenvalue weighted by molar-refractivity contribution is 9.10. The Bertz CT molecular complexity index is 1330. The summed E-state index contributed by atoms with van der Waals surface area (Å²) in [5.41, 5.74) is 3.23. The SMILES string of the molecule is COc1cc(/C=C2\SC(=Nc3ccccc3)NC2=O)cc(Br)c1OCC(=O)Nc1cccc(C)c1. The van der Waals surface area contributed by atoms with Crippen LogP contribution in [-0.4, -0.2) is 30.7 Å². The molecule has 178 valence electrons. The first kappa shape index (κ1) is 24.6. The molecule has 1 fully saturated rings. The Morgan fingerprint density at radius 2 is 1.94 bits per heavy atom. The summed E-state index contributed by atoms with van der Waals surface area (Å²) in [5.74, 6) is 0.299. The summed E-state index contributed by atoms with van der Waals surface area (Å²) >= 11 is 4.75. The maximum atomic E-state index is 12.4. The number of nitrogens with zero attached hydrogens (tertiary/aromatic N) is 1. The van der Waals surface area contributed by atoms with Gasteiger partial charge in [-0.2, -0.15) is 0 Å². The highest BCUT2D eigenvalue weighted by Crippen LogP contribution is 2.38. The van der Waals surface area contributed by atoms with Gasteiger partial charge in [-0.25, -0.2) is 4.99 Å². The van der Waals surface area contributed by atoms with Crippen molar-refractivity contribution in [2.45, 2.75) is 6.92 Å². The van der Waals surface area contributed by atoms with Crippen LogP contribution >= 0.6 is 27.7 Å². The third-order valence-corrected chi connectivity index (χ3v) is 6.34. The average molecular weight is 552 g/mol. The lowest BCUT2D eigenvalue weighted by Crippen LogP contribution is -2.20. The Morgan fingerprint density at radius 3 is 2.69 bits per heavy atom. The summed E-state index contributed by atoms with van der Waals surface area (Å²) in [6, 6.07) is 20.5. The number of nitrogens with one attached hydrogen (secondary N) is 2. The molecule has 2 N–H and O–H groups in total. The van der Waals surface area contributed by atoms with E-state index >= 15 is 0 Å². The molecule has 2 amide bonds. The van der Waals surface area contributed by atoms with Gasteiger partial charge in [0, 0.05) is 5.69 Å². The van der Waals surface area contributed by atoms with E-state index in [1.54, 1.807) is 18.2 Å². The number of amides is 2. The lowest BCUT2D eigenvalue weighted by atomic mass is 10.2. The molecule has 3 aromatic rings. The van der Waals surface area contributed by atoms with Crippen molar-refractivity contribution in [2.24, 2.45) is 4.99 Å². The number of carbonyl (C=O) groups excluding carboxylic acids is 2. The summed E-state index contributed by atoms with van der Waals surface area (Å²) in [6.45, 7) is 1.76. The summed E-state index contributed by atoms with van der Waals surface area (Å²) in [5, 5.41) is 6.10. The zero-order valence-electron chi connectivity index (χ0n) is 19.0. The van der Waals surface area contributed by atoms with Crippen molar-refractivity contribution < 1.29 is 19.1 Å². The van der Waals surface area contributed by atoms with E-state index in [0.29, 0.717) is 31.7 Å². The molecule has 3 aromatic carbocycles. The molecule has 1 aliphatic heterocycles. The number of para-hydroxylation sites is 1. The molecule has 0 unspecified atom stereocenters. The van der Waals surface area contributed by atoms with E-state index in [2.05, 4.69) is 31.6 Å². The fourth-order valence-electron chi connectivity index (χ4n) is 3.27. The van der Waals surface area contributed by atoms with Crippen molar-refractivity contribution in [3.63, 3.8) is 0 Å². The summed E-state index contributed by atoms with van der Waals surface area (Å²) < 4.78 is 11.8. The monoisotopic (exact) mass is 551 g/mol. The Labute approximate surface area is 215 Å². The number of aryl methyl sites for hydroxylation is 1. The molecule has 4 rings (SSSR count). The Hall–Kier alpha value is -3.56. The van der Waals surface area contributed by atoms with Crippen LogP contribution in [0.4, 0.5) is 11.4 Å². The second-order valence-electron chi connectivity index (χ2n) is 7.56. The second kappa shape index (κ2) is 11.2. The molecule has 0 bridgehead atoms. The van der Waals surface area contributed by atoms with Crippen LogP contribution in [0.15, 0.2) is 81.1 Å². The minimum absolute atomic E-state index is 0.194. The van der Waals surface area contributed by atoms with Crippen LogP contribution in [0.25, 0.3) is 6.08 Å². The van der Waals surface area contributed by atoms with Crippen molar-refractivity contribution in [3.8, 4) is 11.5 Å². The van der Waals surface area contributed by atoms with E-state index in [9.17, 15) is 9.59 Å². The number of rotatable bonds is 7. The van der Waals surface area contributed by atoms with E-state index in [1.807, 2.05) is 61.5 Å². The second-order valence-corrected chi connectivity index (χ2v) is 9.44. The normalized spacial score (nSPS) is 15.2. The number of amidine groups is 1. The molecular formula is C26H22BrN3O4S. The molecule has 0 atom stereocenters. The van der Waals surface area contributed by atoms with Gasteiger partial charge in [-0.1, -0.05) is 30.3 Å². The molecule has 0 spiro atoms. The third kappa shape index (κ3) is 6.52. The number of methoxy groups -OCH3 is 1. The van der Waals surface area contributed by atoms with Crippen molar-refractivity contribution in [1.29, 1.82) is 0 Å². The fourth-order valence-corrected chi connectivity index (χ4v) is 4.69. The van der Waals surface area contributed by atoms with E-state index < -0.39 is 0 Å². The fraction of sp³-hybridized carbons (Fsp3) is 0.115. The molecule has 35 heavy (non-hydrogen) atoms. The van der Waals surface area contributed by atoms with Crippen LogP contribution in [0, 0.1) is 6.92 Å². The quantitative estimate of drug-likeness (QED) is 0.369. The van der Waals surface area contributed by atoms with Crippen molar-refractivity contribution in [1.82, 2.24) is 5.32 Å². The van der Waals surface area contributed by atoms with Gasteiger partial charge >= 0.3 is 0 Å². The molecule has 0 aliphatic carbocycles. The zero-order valence-corrected chi connectivity index (χ0v) is 21.4. The van der Waals surface area contributed by atoms with Crippen LogP contribution in [0.1, 0.15) is 11.1 Å². The number of halogens is 1. The maximum absolute atomic E-state index is 12.4. The number of ether oxygens (including phenoxy) is 2. The van der Waals surface area contributed by atoms with Gasteiger partial charge < -0.3 is 20.1 Å². The van der Waals surface area contributed by atoms with E-state index in [0.717, 1.165) is 16.8 Å². The van der Waals surface area contributed by atoms with Gasteiger partial charge in [-0.15, -0.1) is 0 Å². The van der Waals surface area contributed by atoms with Gasteiger partial charge in [-0.05, 0) is 88.2 Å². The zero-order chi connectivity index (χ0) is 24.8. The first-order chi connectivity index (χ1) is 16.9. The Balaban J connectivity index is 1.46. The lowest BCUT2D eigenvalue weighted by molar-refractivity contribution is -0.118. The third-order valence-electron chi connectivity index (χ3n) is 4.84. The summed E-state index contributed by atoms with van der Waals surface area (Å²) in [6.07, 6.45) is 1.75. The largest absolute Gasteiger partial charge is 0.493 e. The van der Waals surface area contributed by atoms with E-state index in [-0.39, 0.29) is 18.4 Å². The van der Waals surface area contributed by atoms with Crippen LogP contribution < -0.4 is 20.1 Å². The van der Waals surface area contributed by atoms with Crippen molar-refractivity contribution >= 4 is 62.1 Å². The summed E-state index contributed by atoms with van der Waals surface area (Å²) in [4.78, 5) is 29.7. The molecule has 1 heterocycles. The van der Waals surface area contributed by atoms with Gasteiger partial charge in [0.25, 0.3) is 11.8 Å².